The van der Waals surface area contributed by atoms with Gasteiger partial charge in [-0.15, -0.1) is 0 Å². The predicted molar refractivity (Wildman–Crippen MR) is 75.2 cm³/mol. The number of hydrogen-bond donors (Lipinski definition) is 1. The molecule has 6 heteroatoms. The first-order valence-corrected chi connectivity index (χ1v) is 7.52. The summed E-state index contributed by atoms with van der Waals surface area (Å²) >= 11 is 1.41. The van der Waals surface area contributed by atoms with Crippen LogP contribution in [0.3, 0.4) is 0 Å². The zero-order valence-electron chi connectivity index (χ0n) is 11.7. The van der Waals surface area contributed by atoms with E-state index < -0.39 is 0 Å². The maximum Gasteiger partial charge on any atom is 0.308 e. The van der Waals surface area contributed by atoms with Crippen LogP contribution < -0.4 is 5.32 Å². The lowest BCUT2D eigenvalue weighted by Crippen LogP contribution is -2.18. The summed E-state index contributed by atoms with van der Waals surface area (Å²) in [5.74, 6) is 1.41. The van der Waals surface area contributed by atoms with Crippen LogP contribution in [0.15, 0.2) is 0 Å². The summed E-state index contributed by atoms with van der Waals surface area (Å²) in [5.41, 5.74) is 0. The lowest BCUT2D eigenvalue weighted by atomic mass is 10.1. The monoisotopic (exact) mass is 283 g/mol. The summed E-state index contributed by atoms with van der Waals surface area (Å²) in [6.45, 7) is 4.32. The quantitative estimate of drug-likeness (QED) is 0.841. The molecule has 1 aliphatic carbocycles. The standard InChI is InChI=1S/C13H21N3O2S/c1-8(2)6-11-15-13(19-16-11)14-10-5-4-9(7-10)12(17)18-3/h8-10H,4-7H2,1-3H3,(H,14,15,16)/t9-,10+/m0/s1. The van der Waals surface area contributed by atoms with Gasteiger partial charge in [-0.05, 0) is 25.2 Å². The first-order valence-electron chi connectivity index (χ1n) is 6.75. The van der Waals surface area contributed by atoms with Crippen LogP contribution in [0.5, 0.6) is 0 Å². The second-order valence-corrected chi connectivity index (χ2v) is 6.24. The van der Waals surface area contributed by atoms with Crippen molar-refractivity contribution in [1.82, 2.24) is 9.36 Å². The molecule has 1 heterocycles. The molecule has 0 aliphatic heterocycles. The number of ether oxygens (including phenoxy) is 1. The molecule has 0 radical (unpaired) electrons. The van der Waals surface area contributed by atoms with E-state index in [2.05, 4.69) is 28.5 Å². The Kier molecular flexibility index (Phi) is 4.74. The van der Waals surface area contributed by atoms with Gasteiger partial charge < -0.3 is 10.1 Å². The van der Waals surface area contributed by atoms with E-state index in [0.29, 0.717) is 12.0 Å². The maximum atomic E-state index is 11.5. The molecule has 1 aromatic heterocycles. The fourth-order valence-electron chi connectivity index (χ4n) is 2.43. The Labute approximate surface area is 117 Å². The van der Waals surface area contributed by atoms with Gasteiger partial charge in [0.05, 0.1) is 13.0 Å². The third kappa shape index (κ3) is 3.89. The molecule has 2 rings (SSSR count). The Morgan fingerprint density at radius 3 is 3.00 bits per heavy atom. The van der Waals surface area contributed by atoms with E-state index in [0.717, 1.165) is 36.6 Å². The van der Waals surface area contributed by atoms with E-state index in [1.165, 1.54) is 18.6 Å². The average Bonchev–Trinajstić information content (AvgIpc) is 2.98. The van der Waals surface area contributed by atoms with Gasteiger partial charge in [-0.1, -0.05) is 13.8 Å². The number of esters is 1. The lowest BCUT2D eigenvalue weighted by molar-refractivity contribution is -0.145. The van der Waals surface area contributed by atoms with Gasteiger partial charge in [-0.3, -0.25) is 4.79 Å². The molecule has 1 N–H and O–H groups in total. The number of carbonyl (C=O) groups excluding carboxylic acids is 1. The number of carbonyl (C=O) groups is 1. The highest BCUT2D eigenvalue weighted by Gasteiger charge is 2.31. The predicted octanol–water partition coefficient (Wildman–Crippen LogP) is 2.49. The second kappa shape index (κ2) is 6.32. The van der Waals surface area contributed by atoms with E-state index in [9.17, 15) is 4.79 Å². The Hall–Kier alpha value is -1.17. The number of methoxy groups -OCH3 is 1. The first kappa shape index (κ1) is 14.2. The highest BCUT2D eigenvalue weighted by atomic mass is 32.1. The number of nitrogens with zero attached hydrogens (tertiary/aromatic N) is 2. The van der Waals surface area contributed by atoms with E-state index in [1.807, 2.05) is 0 Å². The Balaban J connectivity index is 1.85. The van der Waals surface area contributed by atoms with Gasteiger partial charge in [-0.2, -0.15) is 4.37 Å². The molecule has 0 unspecified atom stereocenters. The average molecular weight is 283 g/mol. The van der Waals surface area contributed by atoms with Crippen molar-refractivity contribution in [1.29, 1.82) is 0 Å². The number of rotatable bonds is 5. The molecule has 1 saturated carbocycles. The normalized spacial score (nSPS) is 22.7. The summed E-state index contributed by atoms with van der Waals surface area (Å²) in [6, 6.07) is 0.309. The zero-order chi connectivity index (χ0) is 13.8. The van der Waals surface area contributed by atoms with E-state index in [4.69, 9.17) is 4.74 Å². The van der Waals surface area contributed by atoms with Gasteiger partial charge in [0.2, 0.25) is 5.13 Å². The molecule has 0 aromatic carbocycles. The minimum Gasteiger partial charge on any atom is -0.469 e. The van der Waals surface area contributed by atoms with Crippen LogP contribution in [0.4, 0.5) is 5.13 Å². The van der Waals surface area contributed by atoms with Crippen LogP contribution in [0, 0.1) is 11.8 Å². The highest BCUT2D eigenvalue weighted by Crippen LogP contribution is 2.29. The molecule has 2 atom stereocenters. The van der Waals surface area contributed by atoms with Crippen LogP contribution in [0.25, 0.3) is 0 Å². The Morgan fingerprint density at radius 2 is 2.32 bits per heavy atom. The summed E-state index contributed by atoms with van der Waals surface area (Å²) < 4.78 is 9.13. The van der Waals surface area contributed by atoms with Crippen molar-refractivity contribution in [3.8, 4) is 0 Å². The summed E-state index contributed by atoms with van der Waals surface area (Å²) in [7, 11) is 1.45. The van der Waals surface area contributed by atoms with E-state index >= 15 is 0 Å². The van der Waals surface area contributed by atoms with E-state index in [-0.39, 0.29) is 11.9 Å². The minimum atomic E-state index is -0.0953. The topological polar surface area (TPSA) is 64.1 Å². The SMILES string of the molecule is COC(=O)[C@H]1CC[C@@H](Nc2nc(CC(C)C)ns2)C1. The maximum absolute atomic E-state index is 11.5. The second-order valence-electron chi connectivity index (χ2n) is 5.49. The van der Waals surface area contributed by atoms with Crippen molar-refractivity contribution < 1.29 is 9.53 Å². The molecule has 0 saturated heterocycles. The van der Waals surface area contributed by atoms with Crippen LogP contribution >= 0.6 is 11.5 Å². The summed E-state index contributed by atoms with van der Waals surface area (Å²) in [6.07, 6.45) is 3.61. The molecular weight excluding hydrogens is 262 g/mol. The lowest BCUT2D eigenvalue weighted by Gasteiger charge is -2.10. The Bertz CT molecular complexity index is 433. The van der Waals surface area contributed by atoms with Crippen molar-refractivity contribution in [2.45, 2.75) is 45.6 Å². The van der Waals surface area contributed by atoms with Crippen molar-refractivity contribution >= 4 is 22.6 Å². The Morgan fingerprint density at radius 1 is 1.53 bits per heavy atom. The first-order chi connectivity index (χ1) is 9.08. The minimum absolute atomic E-state index is 0.0329. The zero-order valence-corrected chi connectivity index (χ0v) is 12.5. The van der Waals surface area contributed by atoms with Gasteiger partial charge >= 0.3 is 5.97 Å². The van der Waals surface area contributed by atoms with E-state index in [1.54, 1.807) is 0 Å². The molecule has 5 nitrogen and oxygen atoms in total. The summed E-state index contributed by atoms with van der Waals surface area (Å²) in [4.78, 5) is 15.9. The van der Waals surface area contributed by atoms with Crippen LogP contribution in [0.2, 0.25) is 0 Å². The number of anilines is 1. The molecule has 1 aliphatic rings. The van der Waals surface area contributed by atoms with Gasteiger partial charge in [0.1, 0.15) is 5.82 Å². The molecule has 0 bridgehead atoms. The molecular formula is C13H21N3O2S. The van der Waals surface area contributed by atoms with Crippen LogP contribution in [-0.2, 0) is 16.0 Å². The number of hydrogen-bond acceptors (Lipinski definition) is 6. The third-order valence-corrected chi connectivity index (χ3v) is 4.04. The molecule has 1 fully saturated rings. The van der Waals surface area contributed by atoms with Gasteiger partial charge in [-0.25, -0.2) is 4.98 Å². The number of nitrogens with one attached hydrogen (secondary N) is 1. The van der Waals surface area contributed by atoms with Gasteiger partial charge in [0, 0.05) is 24.0 Å². The van der Waals surface area contributed by atoms with Crippen molar-refractivity contribution in [3.63, 3.8) is 0 Å². The highest BCUT2D eigenvalue weighted by molar-refractivity contribution is 7.09. The number of aromatic nitrogens is 2. The van der Waals surface area contributed by atoms with Crippen LogP contribution in [-0.4, -0.2) is 28.5 Å². The molecule has 0 spiro atoms. The van der Waals surface area contributed by atoms with Gasteiger partial charge in [0.15, 0.2) is 0 Å². The van der Waals surface area contributed by atoms with Crippen molar-refractivity contribution in [2.75, 3.05) is 12.4 Å². The van der Waals surface area contributed by atoms with Crippen LogP contribution in [0.1, 0.15) is 38.9 Å². The molecule has 0 amide bonds. The molecule has 106 valence electrons. The largest absolute Gasteiger partial charge is 0.469 e. The fraction of sp³-hybridized carbons (Fsp3) is 0.769. The van der Waals surface area contributed by atoms with Crippen molar-refractivity contribution in [3.05, 3.63) is 5.82 Å². The van der Waals surface area contributed by atoms with Crippen molar-refractivity contribution in [2.24, 2.45) is 11.8 Å². The molecule has 1 aromatic rings. The van der Waals surface area contributed by atoms with Gasteiger partial charge in [0.25, 0.3) is 0 Å². The molecule has 19 heavy (non-hydrogen) atoms. The summed E-state index contributed by atoms with van der Waals surface area (Å²) in [5, 5.41) is 4.25. The third-order valence-electron chi connectivity index (χ3n) is 3.35. The fourth-order valence-corrected chi connectivity index (χ4v) is 3.10. The smallest absolute Gasteiger partial charge is 0.308 e.